The lowest BCUT2D eigenvalue weighted by Crippen LogP contribution is -1.98. The fourth-order valence-electron chi connectivity index (χ4n) is 2.20. The van der Waals surface area contributed by atoms with E-state index in [2.05, 4.69) is 16.9 Å². The Balaban J connectivity index is 1.88. The molecule has 0 saturated heterocycles. The fourth-order valence-corrected chi connectivity index (χ4v) is 2.20. The molecule has 2 atom stereocenters. The SMILES string of the molecule is COC(=O)CCC/C=C\CC[C@@H]1C[C@@H]1CCO. The summed E-state index contributed by atoms with van der Waals surface area (Å²) in [6.45, 7) is 0.338. The standard InChI is InChI=1S/C14H24O3/c1-17-14(16)8-6-4-2-3-5-7-12-11-13(12)9-10-15/h2-3,12-13,15H,4-11H2,1H3/b3-2-/t12-,13+/m1/s1. The lowest BCUT2D eigenvalue weighted by molar-refractivity contribution is -0.140. The van der Waals surface area contributed by atoms with E-state index in [-0.39, 0.29) is 5.97 Å². The zero-order valence-electron chi connectivity index (χ0n) is 10.7. The number of allylic oxidation sites excluding steroid dienone is 2. The number of esters is 1. The molecule has 1 N–H and O–H groups in total. The molecule has 3 heteroatoms. The third-order valence-electron chi connectivity index (χ3n) is 3.42. The monoisotopic (exact) mass is 240 g/mol. The van der Waals surface area contributed by atoms with Crippen LogP contribution in [0.1, 0.15) is 44.9 Å². The van der Waals surface area contributed by atoms with Crippen LogP contribution in [0, 0.1) is 11.8 Å². The van der Waals surface area contributed by atoms with Crippen LogP contribution < -0.4 is 0 Å². The first-order chi connectivity index (χ1) is 8.27. The molecule has 0 amide bonds. The molecule has 17 heavy (non-hydrogen) atoms. The van der Waals surface area contributed by atoms with E-state index in [0.717, 1.165) is 37.5 Å². The van der Waals surface area contributed by atoms with E-state index in [1.165, 1.54) is 20.0 Å². The van der Waals surface area contributed by atoms with Gasteiger partial charge in [0.25, 0.3) is 0 Å². The molecular formula is C14H24O3. The number of unbranched alkanes of at least 4 members (excludes halogenated alkanes) is 1. The van der Waals surface area contributed by atoms with Gasteiger partial charge >= 0.3 is 5.97 Å². The first-order valence-electron chi connectivity index (χ1n) is 6.60. The van der Waals surface area contributed by atoms with Crippen molar-refractivity contribution < 1.29 is 14.6 Å². The molecule has 1 saturated carbocycles. The van der Waals surface area contributed by atoms with Gasteiger partial charge < -0.3 is 9.84 Å². The van der Waals surface area contributed by atoms with Gasteiger partial charge in [0.2, 0.25) is 0 Å². The Bertz CT molecular complexity index is 248. The second-order valence-corrected chi connectivity index (χ2v) is 4.79. The van der Waals surface area contributed by atoms with Crippen LogP contribution in [0.3, 0.4) is 0 Å². The Hall–Kier alpha value is -0.830. The molecule has 0 bridgehead atoms. The van der Waals surface area contributed by atoms with Crippen molar-refractivity contribution >= 4 is 5.97 Å². The Labute approximate surface area is 104 Å². The second-order valence-electron chi connectivity index (χ2n) is 4.79. The number of hydrogen-bond donors (Lipinski definition) is 1. The van der Waals surface area contributed by atoms with Gasteiger partial charge in [0, 0.05) is 13.0 Å². The number of carbonyl (C=O) groups is 1. The molecule has 0 aliphatic heterocycles. The average Bonchev–Trinajstić information content (AvgIpc) is 3.06. The van der Waals surface area contributed by atoms with Crippen LogP contribution in [0.2, 0.25) is 0 Å². The lowest BCUT2D eigenvalue weighted by Gasteiger charge is -1.96. The number of aliphatic hydroxyl groups is 1. The summed E-state index contributed by atoms with van der Waals surface area (Å²) in [7, 11) is 1.43. The number of ether oxygens (including phenoxy) is 1. The van der Waals surface area contributed by atoms with Gasteiger partial charge in [-0.3, -0.25) is 4.79 Å². The highest BCUT2D eigenvalue weighted by Gasteiger charge is 2.34. The van der Waals surface area contributed by atoms with Crippen LogP contribution >= 0.6 is 0 Å². The van der Waals surface area contributed by atoms with E-state index in [0.29, 0.717) is 13.0 Å². The summed E-state index contributed by atoms with van der Waals surface area (Å²) >= 11 is 0. The number of carbonyl (C=O) groups excluding carboxylic acids is 1. The maximum absolute atomic E-state index is 10.8. The highest BCUT2D eigenvalue weighted by atomic mass is 16.5. The van der Waals surface area contributed by atoms with Crippen LogP contribution in [-0.2, 0) is 9.53 Å². The van der Waals surface area contributed by atoms with Crippen LogP contribution in [0.25, 0.3) is 0 Å². The van der Waals surface area contributed by atoms with Crippen molar-refractivity contribution in [2.75, 3.05) is 13.7 Å². The van der Waals surface area contributed by atoms with E-state index in [1.807, 2.05) is 0 Å². The molecule has 0 aromatic rings. The van der Waals surface area contributed by atoms with Crippen LogP contribution in [-0.4, -0.2) is 24.8 Å². The largest absolute Gasteiger partial charge is 0.469 e. The highest BCUT2D eigenvalue weighted by Crippen LogP contribution is 2.44. The predicted molar refractivity (Wildman–Crippen MR) is 67.5 cm³/mol. The summed E-state index contributed by atoms with van der Waals surface area (Å²) in [4.78, 5) is 10.8. The van der Waals surface area contributed by atoms with Gasteiger partial charge in [0.05, 0.1) is 7.11 Å². The summed E-state index contributed by atoms with van der Waals surface area (Å²) in [5.74, 6) is 1.51. The molecule has 0 aromatic heterocycles. The summed E-state index contributed by atoms with van der Waals surface area (Å²) in [6, 6.07) is 0. The minimum absolute atomic E-state index is 0.122. The van der Waals surface area contributed by atoms with Crippen LogP contribution in [0.4, 0.5) is 0 Å². The second kappa shape index (κ2) is 8.29. The number of hydrogen-bond acceptors (Lipinski definition) is 3. The van der Waals surface area contributed by atoms with E-state index < -0.39 is 0 Å². The minimum Gasteiger partial charge on any atom is -0.469 e. The van der Waals surface area contributed by atoms with Crippen molar-refractivity contribution in [1.82, 2.24) is 0 Å². The van der Waals surface area contributed by atoms with Crippen molar-refractivity contribution in [2.24, 2.45) is 11.8 Å². The maximum atomic E-state index is 10.8. The normalized spacial score (nSPS) is 22.9. The van der Waals surface area contributed by atoms with E-state index in [1.54, 1.807) is 0 Å². The first kappa shape index (κ1) is 14.2. The molecule has 0 aromatic carbocycles. The molecule has 0 radical (unpaired) electrons. The van der Waals surface area contributed by atoms with Crippen molar-refractivity contribution in [1.29, 1.82) is 0 Å². The van der Waals surface area contributed by atoms with E-state index in [9.17, 15) is 4.79 Å². The summed E-state index contributed by atoms with van der Waals surface area (Å²) in [5.41, 5.74) is 0. The summed E-state index contributed by atoms with van der Waals surface area (Å²) in [6.07, 6.45) is 11.4. The van der Waals surface area contributed by atoms with Crippen molar-refractivity contribution in [3.63, 3.8) is 0 Å². The van der Waals surface area contributed by atoms with Gasteiger partial charge in [0.15, 0.2) is 0 Å². The maximum Gasteiger partial charge on any atom is 0.305 e. The lowest BCUT2D eigenvalue weighted by atomic mass is 10.1. The van der Waals surface area contributed by atoms with E-state index >= 15 is 0 Å². The summed E-state index contributed by atoms with van der Waals surface area (Å²) in [5, 5.41) is 8.78. The Kier molecular flexibility index (Phi) is 6.94. The smallest absolute Gasteiger partial charge is 0.305 e. The molecule has 1 rings (SSSR count). The van der Waals surface area contributed by atoms with Gasteiger partial charge in [0.1, 0.15) is 0 Å². The third-order valence-corrected chi connectivity index (χ3v) is 3.42. The molecule has 0 unspecified atom stereocenters. The van der Waals surface area contributed by atoms with Gasteiger partial charge in [-0.2, -0.15) is 0 Å². The van der Waals surface area contributed by atoms with Crippen molar-refractivity contribution in [3.05, 3.63) is 12.2 Å². The molecule has 1 aliphatic rings. The molecule has 0 heterocycles. The van der Waals surface area contributed by atoms with Gasteiger partial charge in [-0.15, -0.1) is 0 Å². The average molecular weight is 240 g/mol. The van der Waals surface area contributed by atoms with E-state index in [4.69, 9.17) is 5.11 Å². The molecular weight excluding hydrogens is 216 g/mol. The number of rotatable bonds is 9. The van der Waals surface area contributed by atoms with Crippen LogP contribution in [0.5, 0.6) is 0 Å². The highest BCUT2D eigenvalue weighted by molar-refractivity contribution is 5.68. The zero-order chi connectivity index (χ0) is 12.5. The van der Waals surface area contributed by atoms with Gasteiger partial charge in [-0.05, 0) is 50.4 Å². The Morgan fingerprint density at radius 3 is 2.71 bits per heavy atom. The summed E-state index contributed by atoms with van der Waals surface area (Å²) < 4.78 is 4.57. The van der Waals surface area contributed by atoms with Crippen molar-refractivity contribution in [3.8, 4) is 0 Å². The minimum atomic E-state index is -0.122. The Morgan fingerprint density at radius 1 is 1.29 bits per heavy atom. The van der Waals surface area contributed by atoms with Gasteiger partial charge in [-0.1, -0.05) is 12.2 Å². The van der Waals surface area contributed by atoms with Gasteiger partial charge in [-0.25, -0.2) is 0 Å². The topological polar surface area (TPSA) is 46.5 Å². The molecule has 3 nitrogen and oxygen atoms in total. The first-order valence-corrected chi connectivity index (χ1v) is 6.60. The molecule has 1 aliphatic carbocycles. The number of aliphatic hydroxyl groups excluding tert-OH is 1. The quantitative estimate of drug-likeness (QED) is 0.383. The number of methoxy groups -OCH3 is 1. The molecule has 98 valence electrons. The molecule has 1 fully saturated rings. The van der Waals surface area contributed by atoms with Crippen LogP contribution in [0.15, 0.2) is 12.2 Å². The predicted octanol–water partition coefficient (Wildman–Crippen LogP) is 2.68. The third kappa shape index (κ3) is 6.47. The Morgan fingerprint density at radius 2 is 2.00 bits per heavy atom. The molecule has 0 spiro atoms. The van der Waals surface area contributed by atoms with Crippen molar-refractivity contribution in [2.45, 2.75) is 44.9 Å². The zero-order valence-corrected chi connectivity index (χ0v) is 10.7. The fraction of sp³-hybridized carbons (Fsp3) is 0.786.